The summed E-state index contributed by atoms with van der Waals surface area (Å²) in [5.74, 6) is 1.64. The summed E-state index contributed by atoms with van der Waals surface area (Å²) in [7, 11) is 4.10. The van der Waals surface area contributed by atoms with E-state index in [4.69, 9.17) is 9.47 Å². The lowest BCUT2D eigenvalue weighted by molar-refractivity contribution is -0.930. The molecule has 0 spiro atoms. The van der Waals surface area contributed by atoms with Gasteiger partial charge >= 0.3 is 0 Å². The van der Waals surface area contributed by atoms with Crippen molar-refractivity contribution in [3.63, 3.8) is 0 Å². The van der Waals surface area contributed by atoms with Crippen molar-refractivity contribution in [2.24, 2.45) is 0 Å². The van der Waals surface area contributed by atoms with E-state index in [1.807, 2.05) is 20.2 Å². The third-order valence-corrected chi connectivity index (χ3v) is 5.48. The lowest BCUT2D eigenvalue weighted by Gasteiger charge is -2.32. The van der Waals surface area contributed by atoms with Gasteiger partial charge in [-0.25, -0.2) is 0 Å². The Hall–Kier alpha value is -2.40. The fourth-order valence-electron chi connectivity index (χ4n) is 4.07. The molecule has 0 radical (unpaired) electrons. The van der Waals surface area contributed by atoms with Gasteiger partial charge in [-0.3, -0.25) is 0 Å². The fraction of sp³-hybridized carbons (Fsp3) is 0.429. The van der Waals surface area contributed by atoms with Crippen LogP contribution in [0.2, 0.25) is 0 Å². The largest absolute Gasteiger partial charge is 0.507 e. The van der Waals surface area contributed by atoms with E-state index in [0.29, 0.717) is 5.75 Å². The van der Waals surface area contributed by atoms with Crippen LogP contribution in [0.15, 0.2) is 36.4 Å². The van der Waals surface area contributed by atoms with Crippen LogP contribution >= 0.6 is 0 Å². The van der Waals surface area contributed by atoms with Crippen LogP contribution in [0.5, 0.6) is 17.2 Å². The van der Waals surface area contributed by atoms with E-state index in [-0.39, 0.29) is 18.6 Å². The van der Waals surface area contributed by atoms with Crippen LogP contribution in [0, 0.1) is 0 Å². The molecule has 0 amide bonds. The number of hydrogen-bond donors (Lipinski definition) is 2. The smallest absolute Gasteiger partial charge is 0.231 e. The number of ether oxygens (including phenoxy) is 2. The van der Waals surface area contributed by atoms with E-state index in [1.54, 1.807) is 6.07 Å². The van der Waals surface area contributed by atoms with Crippen LogP contribution in [0.25, 0.3) is 0 Å². The topological polar surface area (TPSA) is 46.4 Å². The van der Waals surface area contributed by atoms with E-state index < -0.39 is 0 Å². The third kappa shape index (κ3) is 3.19. The lowest BCUT2D eigenvalue weighted by atomic mass is 9.93. The number of nitrogens with zero attached hydrogens (tertiary/aromatic N) is 1. The highest BCUT2D eigenvalue weighted by atomic mass is 16.7. The molecule has 26 heavy (non-hydrogen) atoms. The zero-order valence-electron chi connectivity index (χ0n) is 15.5. The van der Waals surface area contributed by atoms with Gasteiger partial charge in [0.1, 0.15) is 11.8 Å². The number of nitrogens with one attached hydrogen (secondary N) is 1. The van der Waals surface area contributed by atoms with Gasteiger partial charge in [0.25, 0.3) is 0 Å². The molecule has 0 unspecified atom stereocenters. The standard InChI is InChI=1S/C21H26N2O3/c1-22(2)16-8-6-15(7-9-16)21(23-10-4-3-5-11-23)17-12-19-20(13-18(17)24)26-14-25-19/h6-9,12-13,21,24H,3-5,10-11,14H2,1-2H3/p+1/t21-/m1/s1. The van der Waals surface area contributed by atoms with Crippen molar-refractivity contribution in [2.45, 2.75) is 25.3 Å². The predicted molar refractivity (Wildman–Crippen MR) is 101 cm³/mol. The lowest BCUT2D eigenvalue weighted by Crippen LogP contribution is -3.13. The average molecular weight is 355 g/mol. The maximum atomic E-state index is 10.7. The molecular formula is C21H27N2O3+. The molecule has 4 rings (SSSR count). The summed E-state index contributed by atoms with van der Waals surface area (Å²) >= 11 is 0. The summed E-state index contributed by atoms with van der Waals surface area (Å²) in [4.78, 5) is 3.60. The Morgan fingerprint density at radius 3 is 2.27 bits per heavy atom. The van der Waals surface area contributed by atoms with Crippen LogP contribution in [0.4, 0.5) is 5.69 Å². The van der Waals surface area contributed by atoms with Crippen molar-refractivity contribution in [3.8, 4) is 17.2 Å². The number of phenolic OH excluding ortho intramolecular Hbond substituents is 1. The van der Waals surface area contributed by atoms with Crippen molar-refractivity contribution in [3.05, 3.63) is 47.5 Å². The van der Waals surface area contributed by atoms with Crippen LogP contribution in [0.1, 0.15) is 36.4 Å². The van der Waals surface area contributed by atoms with Gasteiger partial charge in [-0.05, 0) is 37.5 Å². The monoisotopic (exact) mass is 355 g/mol. The molecule has 2 aliphatic rings. The molecule has 1 fully saturated rings. The van der Waals surface area contributed by atoms with Gasteiger partial charge in [-0.15, -0.1) is 0 Å². The summed E-state index contributed by atoms with van der Waals surface area (Å²) in [6.07, 6.45) is 3.75. The van der Waals surface area contributed by atoms with Crippen LogP contribution < -0.4 is 19.3 Å². The maximum absolute atomic E-state index is 10.7. The molecule has 2 N–H and O–H groups in total. The van der Waals surface area contributed by atoms with Crippen molar-refractivity contribution >= 4 is 5.69 Å². The Morgan fingerprint density at radius 2 is 1.62 bits per heavy atom. The summed E-state index contributed by atoms with van der Waals surface area (Å²) in [5.41, 5.74) is 3.32. The molecule has 0 saturated carbocycles. The van der Waals surface area contributed by atoms with E-state index >= 15 is 0 Å². The normalized spacial score (nSPS) is 17.9. The number of rotatable bonds is 4. The quantitative estimate of drug-likeness (QED) is 0.884. The van der Waals surface area contributed by atoms with Gasteiger partial charge in [0, 0.05) is 31.4 Å². The molecule has 2 aromatic rings. The summed E-state index contributed by atoms with van der Waals surface area (Å²) in [6, 6.07) is 12.4. The van der Waals surface area contributed by atoms with E-state index in [1.165, 1.54) is 35.4 Å². The summed E-state index contributed by atoms with van der Waals surface area (Å²) in [6.45, 7) is 2.46. The highest BCUT2D eigenvalue weighted by molar-refractivity contribution is 5.54. The molecule has 0 aliphatic carbocycles. The summed E-state index contributed by atoms with van der Waals surface area (Å²) < 4.78 is 11.0. The first-order valence-corrected chi connectivity index (χ1v) is 9.38. The number of aromatic hydroxyl groups is 1. The van der Waals surface area contributed by atoms with Gasteiger partial charge in [-0.1, -0.05) is 12.1 Å². The molecule has 2 aliphatic heterocycles. The zero-order valence-corrected chi connectivity index (χ0v) is 15.5. The first kappa shape index (κ1) is 17.0. The number of piperidine rings is 1. The molecule has 5 nitrogen and oxygen atoms in total. The second kappa shape index (κ2) is 7.08. The Kier molecular flexibility index (Phi) is 4.64. The minimum atomic E-state index is 0.0982. The Labute approximate surface area is 154 Å². The molecule has 5 heteroatoms. The number of anilines is 1. The molecule has 0 bridgehead atoms. The van der Waals surface area contributed by atoms with Crippen molar-refractivity contribution in [1.82, 2.24) is 0 Å². The van der Waals surface area contributed by atoms with Gasteiger partial charge in [0.05, 0.1) is 18.7 Å². The number of likely N-dealkylation sites (tertiary alicyclic amines) is 1. The van der Waals surface area contributed by atoms with Crippen molar-refractivity contribution in [2.75, 3.05) is 38.9 Å². The SMILES string of the molecule is CN(C)c1ccc([C@H](c2cc3c(cc2O)OCO3)[NH+]2CCCCC2)cc1. The van der Waals surface area contributed by atoms with Crippen LogP contribution in [-0.4, -0.2) is 39.1 Å². The van der Waals surface area contributed by atoms with E-state index in [9.17, 15) is 5.11 Å². The van der Waals surface area contributed by atoms with Gasteiger partial charge < -0.3 is 24.4 Å². The highest BCUT2D eigenvalue weighted by Gasteiger charge is 2.32. The predicted octanol–water partition coefficient (Wildman–Crippen LogP) is 2.35. The number of fused-ring (bicyclic) bond motifs is 1. The molecular weight excluding hydrogens is 328 g/mol. The number of quaternary nitrogens is 1. The van der Waals surface area contributed by atoms with E-state index in [0.717, 1.165) is 24.4 Å². The Balaban J connectivity index is 1.76. The minimum Gasteiger partial charge on any atom is -0.507 e. The third-order valence-electron chi connectivity index (χ3n) is 5.48. The second-order valence-corrected chi connectivity index (χ2v) is 7.40. The van der Waals surface area contributed by atoms with Gasteiger partial charge in [-0.2, -0.15) is 0 Å². The number of hydrogen-bond acceptors (Lipinski definition) is 4. The van der Waals surface area contributed by atoms with E-state index in [2.05, 4.69) is 29.2 Å². The first-order chi connectivity index (χ1) is 12.6. The highest BCUT2D eigenvalue weighted by Crippen LogP contribution is 2.40. The number of phenols is 1. The molecule has 2 heterocycles. The Bertz CT molecular complexity index is 768. The fourth-order valence-corrected chi connectivity index (χ4v) is 4.07. The zero-order chi connectivity index (χ0) is 18.1. The molecule has 138 valence electrons. The second-order valence-electron chi connectivity index (χ2n) is 7.40. The number of benzene rings is 2. The Morgan fingerprint density at radius 1 is 0.962 bits per heavy atom. The maximum Gasteiger partial charge on any atom is 0.231 e. The molecule has 2 aromatic carbocycles. The first-order valence-electron chi connectivity index (χ1n) is 9.38. The average Bonchev–Trinajstić information content (AvgIpc) is 3.10. The van der Waals surface area contributed by atoms with Crippen molar-refractivity contribution < 1.29 is 19.5 Å². The van der Waals surface area contributed by atoms with Crippen molar-refractivity contribution in [1.29, 1.82) is 0 Å². The van der Waals surface area contributed by atoms with Crippen LogP contribution in [0.3, 0.4) is 0 Å². The van der Waals surface area contributed by atoms with Crippen LogP contribution in [-0.2, 0) is 0 Å². The molecule has 1 saturated heterocycles. The molecule has 1 atom stereocenters. The molecule has 0 aromatic heterocycles. The minimum absolute atomic E-state index is 0.0982. The van der Waals surface area contributed by atoms with Gasteiger partial charge in [0.15, 0.2) is 11.5 Å². The summed E-state index contributed by atoms with van der Waals surface area (Å²) in [5, 5.41) is 10.7. The van der Waals surface area contributed by atoms with Gasteiger partial charge in [0.2, 0.25) is 6.79 Å².